The minimum absolute atomic E-state index is 0.397. The number of hydrogen-bond acceptors (Lipinski definition) is 6. The monoisotopic (exact) mass is 376 g/mol. The number of rotatable bonds is 3. The molecule has 9 heteroatoms. The van der Waals surface area contributed by atoms with Crippen LogP contribution in [0.2, 0.25) is 0 Å². The Morgan fingerprint density at radius 3 is 2.77 bits per heavy atom. The fraction of sp³-hybridized carbons (Fsp3) is 0. The van der Waals surface area contributed by atoms with Gasteiger partial charge in [-0.3, -0.25) is 15.6 Å². The third-order valence-electron chi connectivity index (χ3n) is 2.52. The van der Waals surface area contributed by atoms with E-state index < -0.39 is 6.03 Å². The van der Waals surface area contributed by atoms with Crippen molar-refractivity contribution in [1.29, 1.82) is 0 Å². The van der Waals surface area contributed by atoms with Gasteiger partial charge in [0.2, 0.25) is 5.13 Å². The molecule has 7 nitrogen and oxygen atoms in total. The summed E-state index contributed by atoms with van der Waals surface area (Å²) >= 11 is 4.54. The number of nitrogens with one attached hydrogen (secondary N) is 2. The van der Waals surface area contributed by atoms with Crippen molar-refractivity contribution in [2.24, 2.45) is 0 Å². The molecule has 0 atom stereocenters. The van der Waals surface area contributed by atoms with Crippen molar-refractivity contribution >= 4 is 44.2 Å². The van der Waals surface area contributed by atoms with Crippen LogP contribution >= 0.6 is 27.3 Å². The number of hydrogen-bond donors (Lipinski definition) is 2. The molecule has 0 aliphatic carbocycles. The highest BCUT2D eigenvalue weighted by Crippen LogP contribution is 2.25. The third-order valence-corrected chi connectivity index (χ3v) is 3.88. The first kappa shape index (κ1) is 14.5. The number of halogens is 1. The van der Waals surface area contributed by atoms with Crippen molar-refractivity contribution in [3.8, 4) is 10.6 Å². The molecule has 0 fully saturated rings. The number of anilines is 2. The Kier molecular flexibility index (Phi) is 4.35. The van der Waals surface area contributed by atoms with Crippen LogP contribution in [-0.2, 0) is 0 Å². The second kappa shape index (κ2) is 6.58. The topological polar surface area (TPSA) is 92.7 Å². The minimum Gasteiger partial charge on any atom is -0.292 e. The largest absolute Gasteiger partial charge is 0.326 e. The predicted octanol–water partition coefficient (Wildman–Crippen LogP) is 3.40. The molecule has 2 N–H and O–H groups in total. The Morgan fingerprint density at radius 1 is 1.14 bits per heavy atom. The number of pyridine rings is 2. The van der Waals surface area contributed by atoms with Gasteiger partial charge in [0.15, 0.2) is 5.01 Å². The normalized spacial score (nSPS) is 10.2. The van der Waals surface area contributed by atoms with Crippen molar-refractivity contribution in [1.82, 2.24) is 20.2 Å². The Bertz CT molecular complexity index is 777. The lowest BCUT2D eigenvalue weighted by Crippen LogP contribution is -2.19. The summed E-state index contributed by atoms with van der Waals surface area (Å²) in [4.78, 5) is 19.9. The molecule has 110 valence electrons. The van der Waals surface area contributed by atoms with Crippen LogP contribution in [0.1, 0.15) is 0 Å². The van der Waals surface area contributed by atoms with Crippen molar-refractivity contribution in [2.45, 2.75) is 0 Å². The number of amides is 2. The molecule has 2 amide bonds. The second-order valence-electron chi connectivity index (χ2n) is 4.09. The van der Waals surface area contributed by atoms with Crippen LogP contribution in [0.5, 0.6) is 0 Å². The van der Waals surface area contributed by atoms with Crippen molar-refractivity contribution < 1.29 is 4.79 Å². The summed E-state index contributed by atoms with van der Waals surface area (Å²) in [6.07, 6.45) is 4.97. The van der Waals surface area contributed by atoms with Gasteiger partial charge in [-0.2, -0.15) is 0 Å². The summed E-state index contributed by atoms with van der Waals surface area (Å²) in [6.45, 7) is 0. The summed E-state index contributed by atoms with van der Waals surface area (Å²) in [7, 11) is 0. The maximum Gasteiger partial charge on any atom is 0.326 e. The maximum absolute atomic E-state index is 11.9. The van der Waals surface area contributed by atoms with Crippen molar-refractivity contribution in [2.75, 3.05) is 10.6 Å². The Hall–Kier alpha value is -2.39. The summed E-state index contributed by atoms with van der Waals surface area (Å²) in [5, 5.41) is 14.3. The summed E-state index contributed by atoms with van der Waals surface area (Å²) in [5.41, 5.74) is 0.850. The molecular weight excluding hydrogens is 368 g/mol. The fourth-order valence-corrected chi connectivity index (χ4v) is 2.54. The van der Waals surface area contributed by atoms with Gasteiger partial charge >= 0.3 is 6.03 Å². The number of aromatic nitrogens is 4. The van der Waals surface area contributed by atoms with Gasteiger partial charge in [0.05, 0.1) is 0 Å². The van der Waals surface area contributed by atoms with Gasteiger partial charge in [-0.25, -0.2) is 9.78 Å². The Balaban J connectivity index is 1.65. The van der Waals surface area contributed by atoms with E-state index in [2.05, 4.69) is 46.7 Å². The minimum atomic E-state index is -0.427. The molecule has 0 aromatic carbocycles. The highest BCUT2D eigenvalue weighted by molar-refractivity contribution is 9.10. The molecule has 0 aliphatic rings. The third kappa shape index (κ3) is 3.62. The van der Waals surface area contributed by atoms with Gasteiger partial charge in [0, 0.05) is 28.6 Å². The molecular formula is C13H9BrN6OS. The molecule has 0 unspecified atom stereocenters. The molecule has 0 bridgehead atoms. The molecule has 3 aromatic heterocycles. The zero-order valence-corrected chi connectivity index (χ0v) is 13.4. The summed E-state index contributed by atoms with van der Waals surface area (Å²) in [6, 6.07) is 6.74. The molecule has 0 spiro atoms. The van der Waals surface area contributed by atoms with E-state index in [1.165, 1.54) is 11.3 Å². The molecule has 0 aliphatic heterocycles. The summed E-state index contributed by atoms with van der Waals surface area (Å²) in [5.74, 6) is 0.442. The number of nitrogens with zero attached hydrogens (tertiary/aromatic N) is 4. The van der Waals surface area contributed by atoms with Crippen LogP contribution < -0.4 is 10.6 Å². The van der Waals surface area contributed by atoms with E-state index in [1.807, 2.05) is 12.1 Å². The van der Waals surface area contributed by atoms with E-state index in [1.54, 1.807) is 30.7 Å². The van der Waals surface area contributed by atoms with Gasteiger partial charge in [0.25, 0.3) is 0 Å². The average Bonchev–Trinajstić information content (AvgIpc) is 2.99. The lowest BCUT2D eigenvalue weighted by atomic mass is 10.3. The first-order valence-electron chi connectivity index (χ1n) is 6.14. The van der Waals surface area contributed by atoms with Crippen LogP contribution in [0.4, 0.5) is 15.7 Å². The van der Waals surface area contributed by atoms with E-state index in [0.29, 0.717) is 16.0 Å². The van der Waals surface area contributed by atoms with Crippen LogP contribution in [0.15, 0.2) is 47.3 Å². The van der Waals surface area contributed by atoms with Gasteiger partial charge in [-0.1, -0.05) is 11.3 Å². The lowest BCUT2D eigenvalue weighted by molar-refractivity contribution is 0.262. The van der Waals surface area contributed by atoms with Gasteiger partial charge in [-0.15, -0.1) is 10.2 Å². The second-order valence-corrected chi connectivity index (χ2v) is 5.99. The van der Waals surface area contributed by atoms with Crippen LogP contribution in [0.3, 0.4) is 0 Å². The van der Waals surface area contributed by atoms with Crippen molar-refractivity contribution in [3.63, 3.8) is 0 Å². The number of carbonyl (C=O) groups is 1. The number of urea groups is 1. The smallest absolute Gasteiger partial charge is 0.292 e. The first-order valence-corrected chi connectivity index (χ1v) is 7.75. The molecule has 3 heterocycles. The van der Waals surface area contributed by atoms with E-state index in [9.17, 15) is 4.79 Å². The molecule has 0 saturated carbocycles. The molecule has 3 aromatic rings. The standard InChI is InChI=1S/C13H9BrN6OS/c14-9-3-4-10(16-7-9)17-12(21)18-13-20-19-11(22-13)8-2-1-5-15-6-8/h1-7H,(H2,16,17,18,20,21). The quantitative estimate of drug-likeness (QED) is 0.730. The Labute approximate surface area is 138 Å². The van der Waals surface area contributed by atoms with E-state index in [4.69, 9.17) is 0 Å². The SMILES string of the molecule is O=C(Nc1ccc(Br)cn1)Nc1nnc(-c2cccnc2)s1. The highest BCUT2D eigenvalue weighted by Gasteiger charge is 2.10. The zero-order valence-electron chi connectivity index (χ0n) is 11.0. The average molecular weight is 377 g/mol. The van der Waals surface area contributed by atoms with E-state index in [-0.39, 0.29) is 0 Å². The highest BCUT2D eigenvalue weighted by atomic mass is 79.9. The molecule has 3 rings (SSSR count). The molecule has 22 heavy (non-hydrogen) atoms. The molecule has 0 saturated heterocycles. The lowest BCUT2D eigenvalue weighted by Gasteiger charge is -2.03. The van der Waals surface area contributed by atoms with Gasteiger partial charge in [-0.05, 0) is 40.2 Å². The Morgan fingerprint density at radius 2 is 2.05 bits per heavy atom. The first-order chi connectivity index (χ1) is 10.7. The number of carbonyl (C=O) groups excluding carboxylic acids is 1. The van der Waals surface area contributed by atoms with Crippen molar-refractivity contribution in [3.05, 3.63) is 47.3 Å². The molecule has 0 radical (unpaired) electrons. The maximum atomic E-state index is 11.9. The van der Waals surface area contributed by atoms with Crippen LogP contribution in [-0.4, -0.2) is 26.2 Å². The van der Waals surface area contributed by atoms with E-state index >= 15 is 0 Å². The predicted molar refractivity (Wildman–Crippen MR) is 87.7 cm³/mol. The van der Waals surface area contributed by atoms with Gasteiger partial charge < -0.3 is 0 Å². The fourth-order valence-electron chi connectivity index (χ4n) is 1.57. The van der Waals surface area contributed by atoms with Crippen LogP contribution in [0, 0.1) is 0 Å². The zero-order chi connectivity index (χ0) is 15.4. The van der Waals surface area contributed by atoms with Gasteiger partial charge in [0.1, 0.15) is 5.82 Å². The van der Waals surface area contributed by atoms with Crippen LogP contribution in [0.25, 0.3) is 10.6 Å². The van der Waals surface area contributed by atoms with E-state index in [0.717, 1.165) is 10.0 Å². The summed E-state index contributed by atoms with van der Waals surface area (Å²) < 4.78 is 0.837.